The molecule has 0 aromatic heterocycles. The quantitative estimate of drug-likeness (QED) is 0.780. The molecule has 1 aromatic carbocycles. The summed E-state index contributed by atoms with van der Waals surface area (Å²) in [5, 5.41) is 5.61. The molecular weight excluding hydrogens is 310 g/mol. The first-order chi connectivity index (χ1) is 11.7. The van der Waals surface area contributed by atoms with Crippen molar-refractivity contribution in [1.29, 1.82) is 0 Å². The largest absolute Gasteiger partial charge is 0.377 e. The van der Waals surface area contributed by atoms with Crippen molar-refractivity contribution >= 4 is 11.8 Å². The highest BCUT2D eigenvalue weighted by Crippen LogP contribution is 2.04. The van der Waals surface area contributed by atoms with Gasteiger partial charge in [-0.15, -0.1) is 0 Å². The van der Waals surface area contributed by atoms with Crippen molar-refractivity contribution in [3.05, 3.63) is 35.9 Å². The molecular formula is C17H25N3O4. The second-order valence-corrected chi connectivity index (χ2v) is 5.56. The molecule has 2 N–H and O–H groups in total. The van der Waals surface area contributed by atoms with Crippen molar-refractivity contribution in [2.24, 2.45) is 0 Å². The van der Waals surface area contributed by atoms with E-state index < -0.39 is 0 Å². The molecule has 24 heavy (non-hydrogen) atoms. The molecule has 1 fully saturated rings. The molecule has 1 aromatic rings. The molecule has 0 unspecified atom stereocenters. The minimum Gasteiger partial charge on any atom is -0.377 e. The Morgan fingerprint density at radius 2 is 1.38 bits per heavy atom. The summed E-state index contributed by atoms with van der Waals surface area (Å²) in [6.45, 7) is 3.62. The van der Waals surface area contributed by atoms with Gasteiger partial charge in [0.25, 0.3) is 0 Å². The molecule has 0 aliphatic carbocycles. The highest BCUT2D eigenvalue weighted by atomic mass is 16.5. The Hall–Kier alpha value is -1.96. The number of rotatable bonds is 2. The lowest BCUT2D eigenvalue weighted by atomic mass is 10.2. The van der Waals surface area contributed by atoms with Crippen LogP contribution in [0.4, 0.5) is 0 Å². The van der Waals surface area contributed by atoms with Gasteiger partial charge in [-0.3, -0.25) is 14.5 Å². The summed E-state index contributed by atoms with van der Waals surface area (Å²) in [6, 6.07) is 9.78. The van der Waals surface area contributed by atoms with Crippen LogP contribution < -0.4 is 10.6 Å². The van der Waals surface area contributed by atoms with Crippen LogP contribution in [0.25, 0.3) is 0 Å². The predicted molar refractivity (Wildman–Crippen MR) is 89.4 cm³/mol. The van der Waals surface area contributed by atoms with E-state index in [4.69, 9.17) is 9.47 Å². The van der Waals surface area contributed by atoms with E-state index in [1.807, 2.05) is 35.2 Å². The number of benzene rings is 1. The lowest BCUT2D eigenvalue weighted by Gasteiger charge is -2.21. The van der Waals surface area contributed by atoms with Crippen LogP contribution in [0.1, 0.15) is 5.56 Å². The molecule has 2 amide bonds. The summed E-state index contributed by atoms with van der Waals surface area (Å²) < 4.78 is 10.7. The number of nitrogens with zero attached hydrogens (tertiary/aromatic N) is 1. The zero-order chi connectivity index (χ0) is 17.0. The summed E-state index contributed by atoms with van der Waals surface area (Å²) in [5.74, 6) is -0.234. The lowest BCUT2D eigenvalue weighted by Crippen LogP contribution is -2.43. The fraction of sp³-hybridized carbons (Fsp3) is 0.529. The number of hydrogen-bond acceptors (Lipinski definition) is 5. The van der Waals surface area contributed by atoms with Crippen molar-refractivity contribution in [2.75, 3.05) is 52.6 Å². The summed E-state index contributed by atoms with van der Waals surface area (Å²) >= 11 is 0. The molecule has 2 rings (SSSR count). The summed E-state index contributed by atoms with van der Waals surface area (Å²) in [4.78, 5) is 25.9. The van der Waals surface area contributed by atoms with Crippen LogP contribution in [-0.4, -0.2) is 69.3 Å². The normalized spacial score (nSPS) is 19.7. The fourth-order valence-electron chi connectivity index (χ4n) is 2.37. The van der Waals surface area contributed by atoms with E-state index >= 15 is 0 Å². The standard InChI is InChI=1S/C17H25N3O4/c21-16-13-20(12-15-4-2-1-3-5-15)14-17(22)19-7-9-24-11-10-23-8-6-18-16/h1-5H,6-14H2,(H,18,21)(H,19,22). The van der Waals surface area contributed by atoms with Crippen LogP contribution in [0.5, 0.6) is 0 Å². The average molecular weight is 335 g/mol. The Morgan fingerprint density at radius 1 is 0.833 bits per heavy atom. The number of ether oxygens (including phenoxy) is 2. The Balaban J connectivity index is 1.95. The number of carbonyl (C=O) groups is 2. The molecule has 1 aliphatic heterocycles. The van der Waals surface area contributed by atoms with Gasteiger partial charge in [0, 0.05) is 19.6 Å². The fourth-order valence-corrected chi connectivity index (χ4v) is 2.37. The summed E-state index contributed by atoms with van der Waals surface area (Å²) in [7, 11) is 0. The Kier molecular flexibility index (Phi) is 8.23. The van der Waals surface area contributed by atoms with Gasteiger partial charge < -0.3 is 20.1 Å². The van der Waals surface area contributed by atoms with Crippen molar-refractivity contribution in [2.45, 2.75) is 6.54 Å². The van der Waals surface area contributed by atoms with Crippen molar-refractivity contribution in [3.8, 4) is 0 Å². The summed E-state index contributed by atoms with van der Waals surface area (Å²) in [6.07, 6.45) is 0. The summed E-state index contributed by atoms with van der Waals surface area (Å²) in [5.41, 5.74) is 1.06. The van der Waals surface area contributed by atoms with E-state index in [0.717, 1.165) is 5.56 Å². The Bertz CT molecular complexity index is 484. The number of nitrogens with one attached hydrogen (secondary N) is 2. The Labute approximate surface area is 142 Å². The van der Waals surface area contributed by atoms with Crippen molar-refractivity contribution in [3.63, 3.8) is 0 Å². The monoisotopic (exact) mass is 335 g/mol. The van der Waals surface area contributed by atoms with Gasteiger partial charge in [-0.2, -0.15) is 0 Å². The zero-order valence-electron chi connectivity index (χ0n) is 13.8. The number of carbonyl (C=O) groups excluding carboxylic acids is 2. The van der Waals surface area contributed by atoms with E-state index in [9.17, 15) is 9.59 Å². The molecule has 0 radical (unpaired) electrons. The molecule has 0 atom stereocenters. The molecule has 0 spiro atoms. The first kappa shape index (κ1) is 18.4. The minimum absolute atomic E-state index is 0.117. The van der Waals surface area contributed by atoms with E-state index in [-0.39, 0.29) is 24.9 Å². The topological polar surface area (TPSA) is 79.9 Å². The number of amides is 2. The van der Waals surface area contributed by atoms with Gasteiger partial charge in [-0.05, 0) is 5.56 Å². The van der Waals surface area contributed by atoms with Gasteiger partial charge in [-0.25, -0.2) is 0 Å². The van der Waals surface area contributed by atoms with Crippen LogP contribution in [0, 0.1) is 0 Å². The maximum Gasteiger partial charge on any atom is 0.234 e. The van der Waals surface area contributed by atoms with Crippen LogP contribution >= 0.6 is 0 Å². The zero-order valence-corrected chi connectivity index (χ0v) is 13.8. The van der Waals surface area contributed by atoms with E-state index in [1.165, 1.54) is 0 Å². The molecule has 0 saturated carbocycles. The van der Waals surface area contributed by atoms with Gasteiger partial charge in [0.05, 0.1) is 39.5 Å². The third-order valence-corrected chi connectivity index (χ3v) is 3.49. The van der Waals surface area contributed by atoms with Gasteiger partial charge >= 0.3 is 0 Å². The van der Waals surface area contributed by atoms with Crippen molar-refractivity contribution < 1.29 is 19.1 Å². The van der Waals surface area contributed by atoms with Gasteiger partial charge in [0.2, 0.25) is 11.8 Å². The van der Waals surface area contributed by atoms with Crippen LogP contribution in [0.3, 0.4) is 0 Å². The predicted octanol–water partition coefficient (Wildman–Crippen LogP) is -0.232. The van der Waals surface area contributed by atoms with Crippen LogP contribution in [0.2, 0.25) is 0 Å². The maximum atomic E-state index is 12.1. The molecule has 132 valence electrons. The third-order valence-electron chi connectivity index (χ3n) is 3.49. The number of hydrogen-bond donors (Lipinski definition) is 2. The van der Waals surface area contributed by atoms with Crippen molar-refractivity contribution in [1.82, 2.24) is 15.5 Å². The third kappa shape index (κ3) is 7.54. The molecule has 1 saturated heterocycles. The van der Waals surface area contributed by atoms with E-state index in [0.29, 0.717) is 46.1 Å². The molecule has 7 heteroatoms. The van der Waals surface area contributed by atoms with E-state index in [1.54, 1.807) is 0 Å². The minimum atomic E-state index is -0.117. The van der Waals surface area contributed by atoms with Gasteiger partial charge in [-0.1, -0.05) is 30.3 Å². The molecule has 1 aliphatic rings. The molecule has 0 bridgehead atoms. The highest BCUT2D eigenvalue weighted by molar-refractivity contribution is 5.81. The lowest BCUT2D eigenvalue weighted by molar-refractivity contribution is -0.125. The smallest absolute Gasteiger partial charge is 0.234 e. The second-order valence-electron chi connectivity index (χ2n) is 5.56. The first-order valence-corrected chi connectivity index (χ1v) is 8.19. The first-order valence-electron chi connectivity index (χ1n) is 8.19. The van der Waals surface area contributed by atoms with Gasteiger partial charge in [0.15, 0.2) is 0 Å². The van der Waals surface area contributed by atoms with Gasteiger partial charge in [0.1, 0.15) is 0 Å². The molecule has 7 nitrogen and oxygen atoms in total. The average Bonchev–Trinajstić information content (AvgIpc) is 2.57. The second kappa shape index (κ2) is 10.7. The van der Waals surface area contributed by atoms with Crippen LogP contribution in [-0.2, 0) is 25.6 Å². The van der Waals surface area contributed by atoms with Crippen LogP contribution in [0.15, 0.2) is 30.3 Å². The maximum absolute atomic E-state index is 12.1. The highest BCUT2D eigenvalue weighted by Gasteiger charge is 2.15. The Morgan fingerprint density at radius 3 is 1.92 bits per heavy atom. The SMILES string of the molecule is O=C1CN(Cc2ccccc2)CC(=O)NCCOCCOCCN1. The van der Waals surface area contributed by atoms with E-state index in [2.05, 4.69) is 10.6 Å². The molecule has 1 heterocycles.